The Morgan fingerprint density at radius 3 is 1.96 bits per heavy atom. The van der Waals surface area contributed by atoms with E-state index in [-0.39, 0.29) is 5.91 Å². The third-order valence-corrected chi connectivity index (χ3v) is 6.05. The zero-order valence-corrected chi connectivity index (χ0v) is 18.1. The molecule has 0 spiro atoms. The molecule has 0 aliphatic rings. The van der Waals surface area contributed by atoms with Gasteiger partial charge in [-0.05, 0) is 49.4 Å². The van der Waals surface area contributed by atoms with Gasteiger partial charge in [0.05, 0.1) is 11.9 Å². The maximum absolute atomic E-state index is 13.2. The second-order valence-corrected chi connectivity index (χ2v) is 8.83. The summed E-state index contributed by atoms with van der Waals surface area (Å²) < 4.78 is 26.4. The summed E-state index contributed by atoms with van der Waals surface area (Å²) in [4.78, 5) is 13.2. The van der Waals surface area contributed by atoms with Crippen molar-refractivity contribution in [2.24, 2.45) is 0 Å². The van der Waals surface area contributed by atoms with E-state index in [2.05, 4.69) is 5.32 Å². The third kappa shape index (κ3) is 4.93. The highest BCUT2D eigenvalue weighted by molar-refractivity contribution is 7.92. The van der Waals surface area contributed by atoms with E-state index in [1.807, 2.05) is 58.0 Å². The highest BCUT2D eigenvalue weighted by Gasteiger charge is 2.32. The minimum absolute atomic E-state index is 0.316. The molecule has 0 saturated carbocycles. The van der Waals surface area contributed by atoms with E-state index in [4.69, 9.17) is 0 Å². The summed E-state index contributed by atoms with van der Waals surface area (Å²) in [5.41, 5.74) is 4.41. The van der Waals surface area contributed by atoms with Crippen molar-refractivity contribution in [1.29, 1.82) is 0 Å². The largest absolute Gasteiger partial charge is 0.324 e. The summed E-state index contributed by atoms with van der Waals surface area (Å²) in [5.74, 6) is -0.316. The summed E-state index contributed by atoms with van der Waals surface area (Å²) >= 11 is 0. The van der Waals surface area contributed by atoms with Crippen LogP contribution in [-0.4, -0.2) is 26.6 Å². The number of anilines is 2. The summed E-state index contributed by atoms with van der Waals surface area (Å²) in [6.07, 6.45) is 3.07. The molecule has 0 bridgehead atoms. The summed E-state index contributed by atoms with van der Waals surface area (Å²) in [5, 5.41) is 3.02. The van der Waals surface area contributed by atoms with Crippen LogP contribution in [0.25, 0.3) is 0 Å². The lowest BCUT2D eigenvalue weighted by Crippen LogP contribution is -2.47. The minimum atomic E-state index is -3.64. The Morgan fingerprint density at radius 1 is 1.00 bits per heavy atom. The molecule has 0 aliphatic heterocycles. The standard InChI is InChI=1S/C22H30N2O3S/c1-6-17-10-9-11-18(7-2)21(17)23-22(25)20(8-3)24(28(5,26)27)19-14-12-16(4)13-15-19/h9-15,20H,6-8H2,1-5H3,(H,23,25)/t20-/m0/s1. The highest BCUT2D eigenvalue weighted by Crippen LogP contribution is 2.26. The van der Waals surface area contributed by atoms with E-state index in [1.54, 1.807) is 12.1 Å². The van der Waals surface area contributed by atoms with Crippen molar-refractivity contribution in [2.75, 3.05) is 15.9 Å². The average molecular weight is 403 g/mol. The Labute approximate surface area is 168 Å². The summed E-state index contributed by atoms with van der Waals surface area (Å²) in [7, 11) is -3.64. The van der Waals surface area contributed by atoms with E-state index >= 15 is 0 Å². The fraction of sp³-hybridized carbons (Fsp3) is 0.409. The van der Waals surface area contributed by atoms with Crippen molar-refractivity contribution < 1.29 is 13.2 Å². The SMILES string of the molecule is CCc1cccc(CC)c1NC(=O)[C@H](CC)N(c1ccc(C)cc1)S(C)(=O)=O. The molecule has 1 amide bonds. The van der Waals surface area contributed by atoms with Gasteiger partial charge in [-0.2, -0.15) is 0 Å². The van der Waals surface area contributed by atoms with Gasteiger partial charge < -0.3 is 5.32 Å². The first-order valence-electron chi connectivity index (χ1n) is 9.70. The van der Waals surface area contributed by atoms with Crippen LogP contribution in [0.1, 0.15) is 43.9 Å². The molecule has 0 aromatic heterocycles. The van der Waals surface area contributed by atoms with Crippen LogP contribution in [0, 0.1) is 6.92 Å². The normalized spacial score (nSPS) is 12.5. The molecule has 28 heavy (non-hydrogen) atoms. The Morgan fingerprint density at radius 2 is 1.54 bits per heavy atom. The molecule has 5 nitrogen and oxygen atoms in total. The molecule has 2 aromatic carbocycles. The fourth-order valence-electron chi connectivity index (χ4n) is 3.36. The number of sulfonamides is 1. The van der Waals surface area contributed by atoms with Crippen LogP contribution in [0.5, 0.6) is 0 Å². The zero-order chi connectivity index (χ0) is 20.9. The van der Waals surface area contributed by atoms with Gasteiger partial charge in [0.2, 0.25) is 15.9 Å². The molecule has 0 radical (unpaired) electrons. The Balaban J connectivity index is 2.44. The highest BCUT2D eigenvalue weighted by atomic mass is 32.2. The molecule has 0 saturated heterocycles. The first-order valence-corrected chi connectivity index (χ1v) is 11.5. The van der Waals surface area contributed by atoms with Gasteiger partial charge in [0.25, 0.3) is 0 Å². The number of amides is 1. The maximum Gasteiger partial charge on any atom is 0.248 e. The second-order valence-electron chi connectivity index (χ2n) is 6.97. The molecule has 152 valence electrons. The van der Waals surface area contributed by atoms with E-state index in [0.29, 0.717) is 12.1 Å². The van der Waals surface area contributed by atoms with Gasteiger partial charge >= 0.3 is 0 Å². The Hall–Kier alpha value is -2.34. The molecule has 0 unspecified atom stereocenters. The van der Waals surface area contributed by atoms with Gasteiger partial charge in [0, 0.05) is 5.69 Å². The number of aryl methyl sites for hydroxylation is 3. The molecule has 2 aromatic rings. The third-order valence-electron chi connectivity index (χ3n) is 4.87. The van der Waals surface area contributed by atoms with E-state index < -0.39 is 16.1 Å². The van der Waals surface area contributed by atoms with Crippen molar-refractivity contribution in [3.8, 4) is 0 Å². The van der Waals surface area contributed by atoms with E-state index in [0.717, 1.165) is 41.5 Å². The lowest BCUT2D eigenvalue weighted by Gasteiger charge is -2.30. The average Bonchev–Trinajstić information content (AvgIpc) is 2.66. The van der Waals surface area contributed by atoms with Crippen molar-refractivity contribution in [1.82, 2.24) is 0 Å². The number of carbonyl (C=O) groups is 1. The maximum atomic E-state index is 13.2. The monoisotopic (exact) mass is 402 g/mol. The minimum Gasteiger partial charge on any atom is -0.324 e. The number of hydrogen-bond donors (Lipinski definition) is 1. The number of nitrogens with one attached hydrogen (secondary N) is 1. The molecule has 0 fully saturated rings. The van der Waals surface area contributed by atoms with Crippen LogP contribution in [0.15, 0.2) is 42.5 Å². The van der Waals surface area contributed by atoms with Crippen molar-refractivity contribution in [3.05, 3.63) is 59.2 Å². The number of nitrogens with zero attached hydrogens (tertiary/aromatic N) is 1. The summed E-state index contributed by atoms with van der Waals surface area (Å²) in [6, 6.07) is 12.3. The van der Waals surface area contributed by atoms with Crippen molar-refractivity contribution in [2.45, 2.75) is 53.0 Å². The second kappa shape index (κ2) is 9.24. The van der Waals surface area contributed by atoms with Crippen molar-refractivity contribution >= 4 is 27.3 Å². The number of carbonyl (C=O) groups excluding carboxylic acids is 1. The van der Waals surface area contributed by atoms with Crippen LogP contribution in [0.2, 0.25) is 0 Å². The fourth-order valence-corrected chi connectivity index (χ4v) is 4.57. The smallest absolute Gasteiger partial charge is 0.248 e. The zero-order valence-electron chi connectivity index (χ0n) is 17.3. The first kappa shape index (κ1) is 22.0. The predicted octanol–water partition coefficient (Wildman–Crippen LogP) is 4.30. The molecule has 0 aliphatic carbocycles. The predicted molar refractivity (Wildman–Crippen MR) is 116 cm³/mol. The molecular formula is C22H30N2O3S. The summed E-state index contributed by atoms with van der Waals surface area (Å²) in [6.45, 7) is 7.84. The van der Waals surface area contributed by atoms with Gasteiger partial charge in [0.1, 0.15) is 6.04 Å². The molecule has 6 heteroatoms. The van der Waals surface area contributed by atoms with Crippen molar-refractivity contribution in [3.63, 3.8) is 0 Å². The molecule has 2 rings (SSSR count). The number of para-hydroxylation sites is 1. The lowest BCUT2D eigenvalue weighted by atomic mass is 10.0. The van der Waals surface area contributed by atoms with Gasteiger partial charge in [-0.1, -0.05) is 56.7 Å². The first-order chi connectivity index (χ1) is 13.2. The van der Waals surface area contributed by atoms with Crippen LogP contribution in [0.4, 0.5) is 11.4 Å². The molecule has 0 heterocycles. The van der Waals surface area contributed by atoms with E-state index in [9.17, 15) is 13.2 Å². The van der Waals surface area contributed by atoms with Gasteiger partial charge in [-0.25, -0.2) is 8.42 Å². The molecule has 1 N–H and O–H groups in total. The van der Waals surface area contributed by atoms with Crippen LogP contribution >= 0.6 is 0 Å². The van der Waals surface area contributed by atoms with Crippen LogP contribution in [-0.2, 0) is 27.7 Å². The van der Waals surface area contributed by atoms with Gasteiger partial charge in [0.15, 0.2) is 0 Å². The van der Waals surface area contributed by atoms with E-state index in [1.165, 1.54) is 4.31 Å². The lowest BCUT2D eigenvalue weighted by molar-refractivity contribution is -0.117. The number of benzene rings is 2. The molecular weight excluding hydrogens is 372 g/mol. The van der Waals surface area contributed by atoms with Gasteiger partial charge in [-0.3, -0.25) is 9.10 Å². The Kier molecular flexibility index (Phi) is 7.24. The van der Waals surface area contributed by atoms with Crippen LogP contribution < -0.4 is 9.62 Å². The topological polar surface area (TPSA) is 66.5 Å². The number of hydrogen-bond acceptors (Lipinski definition) is 3. The quantitative estimate of drug-likeness (QED) is 0.716. The number of rotatable bonds is 8. The van der Waals surface area contributed by atoms with Gasteiger partial charge in [-0.15, -0.1) is 0 Å². The van der Waals surface area contributed by atoms with Crippen LogP contribution in [0.3, 0.4) is 0 Å². The Bertz CT molecular complexity index is 899. The molecule has 1 atom stereocenters.